The Kier molecular flexibility index (Phi) is 5.29. The normalized spacial score (nSPS) is 13.4. The lowest BCUT2D eigenvalue weighted by molar-refractivity contribution is -0.162. The predicted molar refractivity (Wildman–Crippen MR) is 96.4 cm³/mol. The number of ether oxygens (including phenoxy) is 2. The van der Waals surface area contributed by atoms with Crippen LogP contribution in [-0.2, 0) is 14.3 Å². The number of rotatable bonds is 6. The average molecular weight is 370 g/mol. The molecular weight excluding hydrogens is 352 g/mol. The van der Waals surface area contributed by atoms with Gasteiger partial charge in [0.1, 0.15) is 11.6 Å². The minimum Gasteiger partial charge on any atom is -0.478 e. The highest BCUT2D eigenvalue weighted by Crippen LogP contribution is 2.27. The maximum absolute atomic E-state index is 12.0. The van der Waals surface area contributed by atoms with Gasteiger partial charge in [0, 0.05) is 12.7 Å². The third-order valence-electron chi connectivity index (χ3n) is 4.20. The average Bonchev–Trinajstić information content (AvgIpc) is 2.66. The van der Waals surface area contributed by atoms with E-state index >= 15 is 0 Å². The van der Waals surface area contributed by atoms with Gasteiger partial charge in [0.15, 0.2) is 6.10 Å². The number of nitrogens with zero attached hydrogens (tertiary/aromatic N) is 2. The van der Waals surface area contributed by atoms with E-state index in [1.807, 2.05) is 0 Å². The second-order valence-corrected chi connectivity index (χ2v) is 5.90. The largest absolute Gasteiger partial charge is 0.478 e. The first-order valence-electron chi connectivity index (χ1n) is 8.23. The van der Waals surface area contributed by atoms with Gasteiger partial charge in [-0.3, -0.25) is 0 Å². The number of aliphatic hydroxyl groups is 1. The molecule has 2 atom stereocenters. The summed E-state index contributed by atoms with van der Waals surface area (Å²) in [5.74, 6) is -1.77. The summed E-state index contributed by atoms with van der Waals surface area (Å²) < 4.78 is 10.2. The number of carbonyl (C=O) groups excluding carboxylic acids is 1. The Labute approximate surface area is 154 Å². The highest BCUT2D eigenvalue weighted by molar-refractivity contribution is 6.02. The summed E-state index contributed by atoms with van der Waals surface area (Å²) in [5.41, 5.74) is 2.40. The van der Waals surface area contributed by atoms with Gasteiger partial charge < -0.3 is 19.7 Å². The van der Waals surface area contributed by atoms with Gasteiger partial charge in [0.25, 0.3) is 0 Å². The van der Waals surface area contributed by atoms with Gasteiger partial charge in [-0.1, -0.05) is 18.2 Å². The highest BCUT2D eigenvalue weighted by Gasteiger charge is 2.23. The summed E-state index contributed by atoms with van der Waals surface area (Å²) in [4.78, 5) is 32.4. The van der Waals surface area contributed by atoms with Crippen LogP contribution in [0.2, 0.25) is 0 Å². The van der Waals surface area contributed by atoms with Crippen molar-refractivity contribution in [1.29, 1.82) is 0 Å². The van der Waals surface area contributed by atoms with Crippen LogP contribution in [-0.4, -0.2) is 51.9 Å². The number of aromatic carboxylic acids is 1. The first-order valence-corrected chi connectivity index (χ1v) is 8.23. The number of carbonyl (C=O) groups is 2. The number of aliphatic hydroxyl groups excluding tert-OH is 1. The maximum atomic E-state index is 12.0. The Bertz CT molecular complexity index is 1020. The van der Waals surface area contributed by atoms with E-state index in [1.54, 1.807) is 37.3 Å². The number of esters is 1. The van der Waals surface area contributed by atoms with E-state index in [1.165, 1.54) is 13.2 Å². The number of hydrogen-bond acceptors (Lipinski definition) is 7. The van der Waals surface area contributed by atoms with Crippen molar-refractivity contribution in [2.45, 2.75) is 19.1 Å². The van der Waals surface area contributed by atoms with Crippen molar-refractivity contribution in [2.75, 3.05) is 13.7 Å². The second-order valence-electron chi connectivity index (χ2n) is 5.90. The van der Waals surface area contributed by atoms with Crippen molar-refractivity contribution in [3.05, 3.63) is 47.5 Å². The van der Waals surface area contributed by atoms with Crippen LogP contribution in [0.3, 0.4) is 0 Å². The Balaban J connectivity index is 2.07. The van der Waals surface area contributed by atoms with Crippen LogP contribution in [0.25, 0.3) is 22.1 Å². The summed E-state index contributed by atoms with van der Waals surface area (Å²) in [5, 5.41) is 18.5. The Morgan fingerprint density at radius 3 is 2.33 bits per heavy atom. The molecular formula is C19H18N2O6. The van der Waals surface area contributed by atoms with Gasteiger partial charge >= 0.3 is 11.9 Å². The fourth-order valence-corrected chi connectivity index (χ4v) is 2.80. The van der Waals surface area contributed by atoms with Gasteiger partial charge in [-0.25, -0.2) is 19.6 Å². The molecule has 0 amide bonds. The summed E-state index contributed by atoms with van der Waals surface area (Å²) >= 11 is 0. The second kappa shape index (κ2) is 7.65. The molecule has 27 heavy (non-hydrogen) atoms. The van der Waals surface area contributed by atoms with Gasteiger partial charge in [-0.2, -0.15) is 0 Å². The quantitative estimate of drug-likeness (QED) is 0.500. The van der Waals surface area contributed by atoms with Crippen molar-refractivity contribution in [1.82, 2.24) is 9.97 Å². The minimum atomic E-state index is -1.08. The van der Waals surface area contributed by atoms with Crippen molar-refractivity contribution in [3.8, 4) is 0 Å². The van der Waals surface area contributed by atoms with Crippen LogP contribution in [0.5, 0.6) is 0 Å². The zero-order valence-corrected chi connectivity index (χ0v) is 14.7. The first-order chi connectivity index (χ1) is 13.0. The fourth-order valence-electron chi connectivity index (χ4n) is 2.80. The van der Waals surface area contributed by atoms with Crippen LogP contribution in [0, 0.1) is 0 Å². The number of methoxy groups -OCH3 is 1. The van der Waals surface area contributed by atoms with E-state index in [2.05, 4.69) is 9.97 Å². The maximum Gasteiger partial charge on any atom is 0.338 e. The summed E-state index contributed by atoms with van der Waals surface area (Å²) in [6, 6.07) is 9.94. The smallest absolute Gasteiger partial charge is 0.338 e. The van der Waals surface area contributed by atoms with Crippen molar-refractivity contribution < 1.29 is 29.3 Å². The topological polar surface area (TPSA) is 119 Å². The number of benzene rings is 2. The summed E-state index contributed by atoms with van der Waals surface area (Å²) in [7, 11) is 1.31. The molecule has 8 heteroatoms. The number of carboxylic acids is 1. The highest BCUT2D eigenvalue weighted by atomic mass is 16.6. The molecule has 3 aromatic rings. The van der Waals surface area contributed by atoms with Crippen LogP contribution in [0.15, 0.2) is 36.4 Å². The molecule has 0 bridgehead atoms. The minimum absolute atomic E-state index is 0.0673. The third-order valence-corrected chi connectivity index (χ3v) is 4.20. The molecule has 0 unspecified atom stereocenters. The summed E-state index contributed by atoms with van der Waals surface area (Å²) in [6.07, 6.45) is -1.73. The predicted octanol–water partition coefficient (Wildman–Crippen LogP) is 2.09. The molecule has 0 spiro atoms. The molecule has 2 N–H and O–H groups in total. The molecule has 0 saturated heterocycles. The fraction of sp³-hybridized carbons (Fsp3) is 0.263. The zero-order chi connectivity index (χ0) is 19.6. The third kappa shape index (κ3) is 3.57. The molecule has 0 fully saturated rings. The van der Waals surface area contributed by atoms with E-state index in [9.17, 15) is 14.7 Å². The molecule has 8 nitrogen and oxygen atoms in total. The number of fused-ring (bicyclic) bond motifs is 2. The van der Waals surface area contributed by atoms with Gasteiger partial charge in [0.2, 0.25) is 0 Å². The number of hydrogen-bond donors (Lipinski definition) is 2. The zero-order valence-electron chi connectivity index (χ0n) is 14.7. The number of carboxylic acid groups (broad SMARTS) is 1. The molecule has 2 aromatic carbocycles. The van der Waals surface area contributed by atoms with Gasteiger partial charge in [0.05, 0.1) is 28.7 Å². The molecule has 0 saturated carbocycles. The lowest BCUT2D eigenvalue weighted by Gasteiger charge is -2.18. The lowest BCUT2D eigenvalue weighted by atomic mass is 10.1. The first kappa shape index (κ1) is 18.7. The van der Waals surface area contributed by atoms with Crippen molar-refractivity contribution in [2.24, 2.45) is 0 Å². The summed E-state index contributed by atoms with van der Waals surface area (Å²) in [6.45, 7) is 1.19. The monoisotopic (exact) mass is 370 g/mol. The van der Waals surface area contributed by atoms with Crippen LogP contribution < -0.4 is 0 Å². The van der Waals surface area contributed by atoms with Crippen LogP contribution in [0.1, 0.15) is 28.9 Å². The van der Waals surface area contributed by atoms with Gasteiger partial charge in [-0.15, -0.1) is 0 Å². The number of aromatic nitrogens is 2. The molecule has 0 aliphatic carbocycles. The SMILES string of the molecule is CO[C@@H](CO)C(=O)O[C@@H](C)c1cccc2nc3c(C(=O)O)cccc3nc12. The van der Waals surface area contributed by atoms with Crippen molar-refractivity contribution >= 4 is 34.0 Å². The number of para-hydroxylation sites is 2. The Morgan fingerprint density at radius 1 is 1.07 bits per heavy atom. The van der Waals surface area contributed by atoms with E-state index in [4.69, 9.17) is 14.6 Å². The Morgan fingerprint density at radius 2 is 1.70 bits per heavy atom. The molecule has 0 aliphatic heterocycles. The van der Waals surface area contributed by atoms with Crippen LogP contribution >= 0.6 is 0 Å². The van der Waals surface area contributed by atoms with Gasteiger partial charge in [-0.05, 0) is 25.1 Å². The molecule has 1 heterocycles. The molecule has 0 radical (unpaired) electrons. The molecule has 0 aliphatic rings. The van der Waals surface area contributed by atoms with E-state index < -0.39 is 30.8 Å². The molecule has 1 aromatic heterocycles. The van der Waals surface area contributed by atoms with Crippen molar-refractivity contribution in [3.63, 3.8) is 0 Å². The Hall–Kier alpha value is -3.10. The van der Waals surface area contributed by atoms with E-state index in [0.29, 0.717) is 27.6 Å². The van der Waals surface area contributed by atoms with Crippen LogP contribution in [0.4, 0.5) is 0 Å². The molecule has 3 rings (SSSR count). The van der Waals surface area contributed by atoms with E-state index in [-0.39, 0.29) is 5.56 Å². The van der Waals surface area contributed by atoms with E-state index in [0.717, 1.165) is 0 Å². The standard InChI is InChI=1S/C19H18N2O6/c1-10(27-19(25)15(9-22)26-2)11-5-3-7-13-16(11)20-14-8-4-6-12(18(23)24)17(14)21-13/h3-8,10,15,22H,9H2,1-2H3,(H,23,24)/t10-,15-/m0/s1. The molecule has 140 valence electrons. The lowest BCUT2D eigenvalue weighted by Crippen LogP contribution is -2.29.